The minimum atomic E-state index is -0.753. The highest BCUT2D eigenvalue weighted by molar-refractivity contribution is 5.96. The van der Waals surface area contributed by atoms with E-state index in [0.29, 0.717) is 24.6 Å². The van der Waals surface area contributed by atoms with Gasteiger partial charge in [0.1, 0.15) is 5.82 Å². The van der Waals surface area contributed by atoms with E-state index in [4.69, 9.17) is 0 Å². The van der Waals surface area contributed by atoms with Gasteiger partial charge in [-0.3, -0.25) is 4.79 Å². The summed E-state index contributed by atoms with van der Waals surface area (Å²) in [6.07, 6.45) is 2.09. The lowest BCUT2D eigenvalue weighted by atomic mass is 9.88. The van der Waals surface area contributed by atoms with Crippen molar-refractivity contribution in [1.29, 1.82) is 0 Å². The van der Waals surface area contributed by atoms with Crippen molar-refractivity contribution in [1.82, 2.24) is 4.90 Å². The number of carbonyl (C=O) groups excluding carboxylic acids is 1. The van der Waals surface area contributed by atoms with Gasteiger partial charge in [-0.1, -0.05) is 13.0 Å². The van der Waals surface area contributed by atoms with Crippen molar-refractivity contribution in [2.45, 2.75) is 32.3 Å². The molecule has 0 aromatic heterocycles. The third-order valence-corrected chi connectivity index (χ3v) is 4.79. The first-order chi connectivity index (χ1) is 9.41. The van der Waals surface area contributed by atoms with Crippen molar-refractivity contribution in [2.24, 2.45) is 11.8 Å². The predicted octanol–water partition coefficient (Wildman–Crippen LogP) is 2.37. The molecule has 1 aromatic rings. The second-order valence-corrected chi connectivity index (χ2v) is 6.31. The summed E-state index contributed by atoms with van der Waals surface area (Å²) in [6, 6.07) is 4.27. The van der Waals surface area contributed by atoms with E-state index in [9.17, 15) is 14.3 Å². The maximum Gasteiger partial charge on any atom is 0.254 e. The van der Waals surface area contributed by atoms with Crippen LogP contribution in [0, 0.1) is 24.6 Å². The van der Waals surface area contributed by atoms with Crippen LogP contribution in [0.1, 0.15) is 35.7 Å². The number of rotatable bonds is 2. The lowest BCUT2D eigenvalue weighted by Gasteiger charge is -2.26. The molecule has 1 saturated carbocycles. The molecule has 2 fully saturated rings. The van der Waals surface area contributed by atoms with Crippen molar-refractivity contribution in [3.05, 3.63) is 35.1 Å². The summed E-state index contributed by atoms with van der Waals surface area (Å²) in [4.78, 5) is 14.2. The number of β-amino-alcohol motifs (C(OH)–C–C–N with tert-alkyl or cyclic N) is 1. The second-order valence-electron chi connectivity index (χ2n) is 6.31. The Bertz CT molecular complexity index is 555. The zero-order chi connectivity index (χ0) is 14.5. The fourth-order valence-electron chi connectivity index (χ4n) is 3.28. The van der Waals surface area contributed by atoms with Crippen LogP contribution in [-0.4, -0.2) is 34.6 Å². The molecule has 3 rings (SSSR count). The van der Waals surface area contributed by atoms with E-state index in [1.165, 1.54) is 12.1 Å². The van der Waals surface area contributed by atoms with Gasteiger partial charge in [0.05, 0.1) is 12.1 Å². The summed E-state index contributed by atoms with van der Waals surface area (Å²) in [5.41, 5.74) is 0.417. The number of carbonyl (C=O) groups is 1. The molecule has 20 heavy (non-hydrogen) atoms. The quantitative estimate of drug-likeness (QED) is 0.901. The Hall–Kier alpha value is -1.42. The molecule has 0 bridgehead atoms. The predicted molar refractivity (Wildman–Crippen MR) is 73.9 cm³/mol. The van der Waals surface area contributed by atoms with Crippen molar-refractivity contribution >= 4 is 5.91 Å². The number of benzene rings is 1. The van der Waals surface area contributed by atoms with E-state index in [2.05, 4.69) is 0 Å². The molecule has 0 spiro atoms. The fraction of sp³-hybridized carbons (Fsp3) is 0.562. The van der Waals surface area contributed by atoms with Crippen LogP contribution >= 0.6 is 0 Å². The molecule has 4 heteroatoms. The molecule has 2 aliphatic rings. The maximum atomic E-state index is 13.3. The van der Waals surface area contributed by atoms with Gasteiger partial charge in [0, 0.05) is 18.0 Å². The summed E-state index contributed by atoms with van der Waals surface area (Å²) in [5, 5.41) is 10.7. The Morgan fingerprint density at radius 3 is 2.80 bits per heavy atom. The number of aryl methyl sites for hydroxylation is 1. The number of amides is 1. The van der Waals surface area contributed by atoms with Crippen LogP contribution in [0.2, 0.25) is 0 Å². The number of nitrogens with zero attached hydrogens (tertiary/aromatic N) is 1. The first-order valence-corrected chi connectivity index (χ1v) is 7.19. The Kier molecular flexibility index (Phi) is 3.09. The molecular formula is C16H20FNO2. The number of likely N-dealkylation sites (tertiary alicyclic amines) is 1. The topological polar surface area (TPSA) is 40.5 Å². The van der Waals surface area contributed by atoms with Crippen molar-refractivity contribution < 1.29 is 14.3 Å². The average Bonchev–Trinajstić information content (AvgIpc) is 3.20. The van der Waals surface area contributed by atoms with E-state index >= 15 is 0 Å². The van der Waals surface area contributed by atoms with Gasteiger partial charge < -0.3 is 10.0 Å². The number of hydrogen-bond acceptors (Lipinski definition) is 2. The van der Waals surface area contributed by atoms with Crippen LogP contribution in [0.3, 0.4) is 0 Å². The molecule has 1 N–H and O–H groups in total. The Morgan fingerprint density at radius 1 is 1.45 bits per heavy atom. The molecule has 1 amide bonds. The fourth-order valence-corrected chi connectivity index (χ4v) is 3.28. The zero-order valence-corrected chi connectivity index (χ0v) is 11.9. The molecule has 108 valence electrons. The van der Waals surface area contributed by atoms with Gasteiger partial charge in [0.15, 0.2) is 0 Å². The monoisotopic (exact) mass is 277 g/mol. The van der Waals surface area contributed by atoms with Crippen LogP contribution in [0.4, 0.5) is 4.39 Å². The van der Waals surface area contributed by atoms with Crippen LogP contribution in [0.5, 0.6) is 0 Å². The van der Waals surface area contributed by atoms with Gasteiger partial charge in [-0.2, -0.15) is 0 Å². The largest absolute Gasteiger partial charge is 0.387 e. The Morgan fingerprint density at radius 2 is 2.15 bits per heavy atom. The smallest absolute Gasteiger partial charge is 0.254 e. The summed E-state index contributed by atoms with van der Waals surface area (Å²) >= 11 is 0. The van der Waals surface area contributed by atoms with E-state index in [1.807, 2.05) is 6.92 Å². The van der Waals surface area contributed by atoms with E-state index in [-0.39, 0.29) is 11.8 Å². The molecule has 1 aliphatic heterocycles. The minimum Gasteiger partial charge on any atom is -0.387 e. The number of halogens is 1. The maximum absolute atomic E-state index is 13.3. The second kappa shape index (κ2) is 4.55. The molecule has 3 nitrogen and oxygen atoms in total. The van der Waals surface area contributed by atoms with Crippen LogP contribution < -0.4 is 0 Å². The Labute approximate surface area is 118 Å². The third kappa shape index (κ3) is 2.12. The molecule has 2 atom stereocenters. The normalized spacial score (nSPS) is 29.8. The minimum absolute atomic E-state index is 0.0767. The van der Waals surface area contributed by atoms with E-state index in [1.54, 1.807) is 17.9 Å². The molecule has 1 aliphatic carbocycles. The first kappa shape index (κ1) is 13.6. The van der Waals surface area contributed by atoms with E-state index in [0.717, 1.165) is 18.4 Å². The highest BCUT2D eigenvalue weighted by atomic mass is 19.1. The summed E-state index contributed by atoms with van der Waals surface area (Å²) in [6.45, 7) is 4.71. The Balaban J connectivity index is 1.83. The van der Waals surface area contributed by atoms with Gasteiger partial charge in [-0.05, 0) is 43.4 Å². The first-order valence-electron chi connectivity index (χ1n) is 7.19. The number of aliphatic hydroxyl groups is 1. The van der Waals surface area contributed by atoms with Crippen molar-refractivity contribution in [3.63, 3.8) is 0 Å². The lowest BCUT2D eigenvalue weighted by Crippen LogP contribution is -2.40. The van der Waals surface area contributed by atoms with Crippen LogP contribution in [0.25, 0.3) is 0 Å². The third-order valence-electron chi connectivity index (χ3n) is 4.79. The highest BCUT2D eigenvalue weighted by Gasteiger charge is 2.53. The molecular weight excluding hydrogens is 257 g/mol. The average molecular weight is 277 g/mol. The SMILES string of the molecule is Cc1ccc(F)cc1C(=O)N1CC(C)C(O)(C2CC2)C1. The van der Waals surface area contributed by atoms with Crippen molar-refractivity contribution in [3.8, 4) is 0 Å². The standard InChI is InChI=1S/C16H20FNO2/c1-10-3-6-13(17)7-14(10)15(19)18-8-11(2)16(20,9-18)12-4-5-12/h3,6-7,11-12,20H,4-5,8-9H2,1-2H3. The van der Waals surface area contributed by atoms with Gasteiger partial charge in [-0.25, -0.2) is 4.39 Å². The summed E-state index contributed by atoms with van der Waals surface area (Å²) < 4.78 is 13.3. The molecule has 2 unspecified atom stereocenters. The summed E-state index contributed by atoms with van der Waals surface area (Å²) in [5.74, 6) is -0.175. The van der Waals surface area contributed by atoms with Crippen molar-refractivity contribution in [2.75, 3.05) is 13.1 Å². The number of hydrogen-bond donors (Lipinski definition) is 1. The molecule has 1 heterocycles. The van der Waals surface area contributed by atoms with Gasteiger partial charge in [0.25, 0.3) is 5.91 Å². The van der Waals surface area contributed by atoms with Gasteiger partial charge in [-0.15, -0.1) is 0 Å². The molecule has 1 aromatic carbocycles. The van der Waals surface area contributed by atoms with Crippen LogP contribution in [0.15, 0.2) is 18.2 Å². The van der Waals surface area contributed by atoms with Gasteiger partial charge >= 0.3 is 0 Å². The highest BCUT2D eigenvalue weighted by Crippen LogP contribution is 2.47. The van der Waals surface area contributed by atoms with Crippen LogP contribution in [-0.2, 0) is 0 Å². The van der Waals surface area contributed by atoms with Gasteiger partial charge in [0.2, 0.25) is 0 Å². The molecule has 0 radical (unpaired) electrons. The summed E-state index contributed by atoms with van der Waals surface area (Å²) in [7, 11) is 0. The van der Waals surface area contributed by atoms with E-state index < -0.39 is 11.4 Å². The lowest BCUT2D eigenvalue weighted by molar-refractivity contribution is -0.00365. The zero-order valence-electron chi connectivity index (χ0n) is 11.9. The molecule has 1 saturated heterocycles.